The summed E-state index contributed by atoms with van der Waals surface area (Å²) in [6, 6.07) is 0. The van der Waals surface area contributed by atoms with Crippen LogP contribution in [0.1, 0.15) is 2.85 Å². The molecule has 0 saturated heterocycles. The molecule has 0 rings (SSSR count). The maximum atomic E-state index is 0. The van der Waals surface area contributed by atoms with Crippen LogP contribution in [0.2, 0.25) is 0 Å². The Bertz CT molecular complexity index is 13.5. The summed E-state index contributed by atoms with van der Waals surface area (Å²) >= 11 is 0. The van der Waals surface area contributed by atoms with E-state index >= 15 is 0 Å². The van der Waals surface area contributed by atoms with Crippen LogP contribution < -0.4 is 0 Å². The molecule has 0 saturated carbocycles. The molecule has 0 aromatic carbocycles. The second kappa shape index (κ2) is 37.0. The fourth-order valence-electron chi connectivity index (χ4n) is 0. The van der Waals surface area contributed by atoms with E-state index in [1.165, 1.54) is 0 Å². The van der Waals surface area contributed by atoms with Crippen molar-refractivity contribution in [3.05, 3.63) is 0 Å². The molecule has 0 atom stereocenters. The maximum Gasteiger partial charge on any atom is 2.00 e. The quantitative estimate of drug-likeness (QED) is 0.465. The van der Waals surface area contributed by atoms with Gasteiger partial charge in [0.05, 0.1) is 0 Å². The molecule has 0 heterocycles. The molecule has 30 valence electrons. The number of hydrogen-bond donors (Lipinski definition) is 0. The summed E-state index contributed by atoms with van der Waals surface area (Å²) in [4.78, 5) is 0. The molecule has 4 heteroatoms. The molecule has 0 bridgehead atoms. The van der Waals surface area contributed by atoms with Gasteiger partial charge in [0, 0.05) is 38.1 Å². The van der Waals surface area contributed by atoms with Crippen LogP contribution in [0.15, 0.2) is 0 Å². The fourth-order valence-corrected chi connectivity index (χ4v) is 0. The van der Waals surface area contributed by atoms with Crippen molar-refractivity contribution < 1.29 is 41.0 Å². The Kier molecular flexibility index (Phi) is 767. The maximum absolute atomic E-state index is 0. The second-order valence-electron chi connectivity index (χ2n) is 0. The van der Waals surface area contributed by atoms with Gasteiger partial charge in [-0.05, 0) is 0 Å². The van der Waals surface area contributed by atoms with Crippen molar-refractivity contribution in [3.8, 4) is 0 Å². The van der Waals surface area contributed by atoms with Crippen LogP contribution in [0, 0.1) is 0 Å². The zero-order valence-corrected chi connectivity index (χ0v) is 8.68. The monoisotopic (exact) mass is 437 g/mol. The molecular formula is H2MdMgMnMo. The van der Waals surface area contributed by atoms with Gasteiger partial charge >= 0.3 is 23.1 Å². The third-order valence-electron chi connectivity index (χ3n) is 0. The van der Waals surface area contributed by atoms with Crippen molar-refractivity contribution >= 4 is 23.1 Å². The molecule has 4 heavy (non-hydrogen) atoms. The minimum Gasteiger partial charge on any atom is -1.00 e. The Hall–Kier alpha value is 0.974. The standard InChI is InChI=1S/Md.Mg.Mn.Mo.2H/q;+2;;;2*-1. The van der Waals surface area contributed by atoms with Crippen molar-refractivity contribution in [3.63, 3.8) is 0 Å². The van der Waals surface area contributed by atoms with E-state index in [0.717, 1.165) is 0 Å². The SMILES string of the molecule is [H-].[H-].[Md].[Mg+2].[Mn].[Mo]. The Balaban J connectivity index is 0. The molecule has 0 aromatic heterocycles. The van der Waals surface area contributed by atoms with E-state index in [1.807, 2.05) is 0 Å². The van der Waals surface area contributed by atoms with E-state index in [0.29, 0.717) is 0 Å². The van der Waals surface area contributed by atoms with E-state index < -0.39 is 0 Å². The molecule has 0 spiro atoms. The molecule has 0 aliphatic carbocycles. The Morgan fingerprint density at radius 3 is 1.25 bits per heavy atom. The van der Waals surface area contributed by atoms with Crippen molar-refractivity contribution in [1.29, 1.82) is 0 Å². The summed E-state index contributed by atoms with van der Waals surface area (Å²) in [7, 11) is 0. The first-order valence-electron chi connectivity index (χ1n) is 0. The molecule has 0 amide bonds. The summed E-state index contributed by atoms with van der Waals surface area (Å²) in [5, 5.41) is 0. The van der Waals surface area contributed by atoms with Gasteiger partial charge in [-0.15, -0.1) is 0 Å². The minimum atomic E-state index is 0. The number of hydrogen-bond acceptors (Lipinski definition) is 0. The van der Waals surface area contributed by atoms with Crippen LogP contribution in [0.5, 0.6) is 0 Å². The van der Waals surface area contributed by atoms with Crippen LogP contribution in [0.25, 0.3) is 0 Å². The van der Waals surface area contributed by atoms with Crippen molar-refractivity contribution in [1.82, 2.24) is 0 Å². The van der Waals surface area contributed by atoms with Crippen LogP contribution in [0.3, 0.4) is 0 Å². The van der Waals surface area contributed by atoms with Gasteiger partial charge in [0.1, 0.15) is 0 Å². The van der Waals surface area contributed by atoms with Crippen LogP contribution >= 0.6 is 0 Å². The second-order valence-corrected chi connectivity index (χ2v) is 0. The van der Waals surface area contributed by atoms with E-state index in [9.17, 15) is 0 Å². The molecule has 0 fully saturated rings. The molecule has 0 aliphatic rings. The van der Waals surface area contributed by atoms with Gasteiger partial charge in [-0.2, -0.15) is 0 Å². The van der Waals surface area contributed by atoms with Crippen molar-refractivity contribution in [2.24, 2.45) is 0 Å². The average Bonchev–Trinajstić information content (AvgIpc) is 0. The third kappa shape index (κ3) is 12.2. The van der Waals surface area contributed by atoms with Gasteiger partial charge in [-0.25, -0.2) is 0 Å². The molecule has 0 nitrogen and oxygen atoms in total. The van der Waals surface area contributed by atoms with E-state index in [1.54, 1.807) is 0 Å². The van der Waals surface area contributed by atoms with Crippen LogP contribution in [-0.2, 0) is 38.1 Å². The first kappa shape index (κ1) is 82.8. The Morgan fingerprint density at radius 2 is 1.25 bits per heavy atom. The number of rotatable bonds is 0. The van der Waals surface area contributed by atoms with Crippen molar-refractivity contribution in [2.75, 3.05) is 0 Å². The minimum absolute atomic E-state index is 0. The summed E-state index contributed by atoms with van der Waals surface area (Å²) in [5.41, 5.74) is 0. The van der Waals surface area contributed by atoms with E-state index in [2.05, 4.69) is 0 Å². The van der Waals surface area contributed by atoms with Gasteiger partial charge in [-0.1, -0.05) is 0 Å². The zero-order valence-electron chi connectivity index (χ0n) is 3.77. The Morgan fingerprint density at radius 1 is 1.25 bits per heavy atom. The van der Waals surface area contributed by atoms with Gasteiger partial charge < -0.3 is 2.85 Å². The molecule has 2 radical (unpaired) electrons. The van der Waals surface area contributed by atoms with Gasteiger partial charge in [-0.3, -0.25) is 0 Å². The molecule has 0 N–H and O–H groups in total. The molecule has 0 aliphatic heterocycles. The van der Waals surface area contributed by atoms with Gasteiger partial charge in [0.25, 0.3) is 0 Å². The summed E-state index contributed by atoms with van der Waals surface area (Å²) in [6.07, 6.45) is 0. The normalized spacial score (nSPS) is 0. The van der Waals surface area contributed by atoms with Crippen LogP contribution in [-0.4, -0.2) is 23.1 Å². The first-order valence-corrected chi connectivity index (χ1v) is 0. The summed E-state index contributed by atoms with van der Waals surface area (Å²) < 4.78 is 0. The predicted octanol–water partition coefficient (Wildman–Crippen LogP) is -0.161. The van der Waals surface area contributed by atoms with Gasteiger partial charge in [0.2, 0.25) is 0 Å². The summed E-state index contributed by atoms with van der Waals surface area (Å²) in [5.74, 6) is 0. The van der Waals surface area contributed by atoms with Gasteiger partial charge in [0.15, 0.2) is 0 Å². The zero-order chi connectivity index (χ0) is 0. The van der Waals surface area contributed by atoms with E-state index in [4.69, 9.17) is 0 Å². The third-order valence-corrected chi connectivity index (χ3v) is 0. The Labute approximate surface area is 63.6 Å². The predicted molar refractivity (Wildman–Crippen MR) is 7.98 cm³/mol. The van der Waals surface area contributed by atoms with Crippen LogP contribution in [0.4, 0.5) is 0 Å². The van der Waals surface area contributed by atoms with E-state index in [-0.39, 0.29) is 64.0 Å². The summed E-state index contributed by atoms with van der Waals surface area (Å²) in [6.45, 7) is 0. The molecular weight excluding hydrogens is 433 g/mol. The average molecular weight is 435 g/mol. The molecule has 0 unspecified atom stereocenters. The fraction of sp³-hybridized carbons (Fsp3) is 0. The van der Waals surface area contributed by atoms with Crippen molar-refractivity contribution in [2.45, 2.75) is 0 Å². The topological polar surface area (TPSA) is 0 Å². The largest absolute Gasteiger partial charge is 2.00 e. The first-order chi connectivity index (χ1) is 0. The smallest absolute Gasteiger partial charge is 1.00 e. The molecule has 0 aromatic rings.